The van der Waals surface area contributed by atoms with E-state index in [1.165, 1.54) is 0 Å². The molecule has 2 heterocycles. The van der Waals surface area contributed by atoms with Crippen molar-refractivity contribution in [1.82, 2.24) is 25.4 Å². The first-order valence-electron chi connectivity index (χ1n) is 5.02. The molecule has 0 aliphatic heterocycles. The lowest BCUT2D eigenvalue weighted by atomic mass is 10.1. The molecule has 2 aromatic rings. The van der Waals surface area contributed by atoms with Gasteiger partial charge in [0.2, 0.25) is 0 Å². The number of nitrogens with two attached hydrogens (primary N) is 1. The molecule has 0 aromatic carbocycles. The quantitative estimate of drug-likeness (QED) is 0.555. The molecule has 6 nitrogen and oxygen atoms in total. The summed E-state index contributed by atoms with van der Waals surface area (Å²) in [6, 6.07) is 5.70. The van der Waals surface area contributed by atoms with Crippen LogP contribution in [-0.2, 0) is 13.5 Å². The van der Waals surface area contributed by atoms with Crippen molar-refractivity contribution in [3.8, 4) is 0 Å². The van der Waals surface area contributed by atoms with Crippen LogP contribution in [0.1, 0.15) is 17.4 Å². The fourth-order valence-electron chi connectivity index (χ4n) is 1.53. The predicted octanol–water partition coefficient (Wildman–Crippen LogP) is -0.0428. The number of nitrogens with zero attached hydrogens (tertiary/aromatic N) is 4. The molecule has 0 saturated carbocycles. The second kappa shape index (κ2) is 4.82. The number of aryl methyl sites for hydroxylation is 1. The Balaban J connectivity index is 2.12. The topological polar surface area (TPSA) is 81.7 Å². The predicted molar refractivity (Wildman–Crippen MR) is 59.0 cm³/mol. The van der Waals surface area contributed by atoms with Crippen molar-refractivity contribution < 1.29 is 0 Å². The van der Waals surface area contributed by atoms with Gasteiger partial charge in [-0.2, -0.15) is 0 Å². The van der Waals surface area contributed by atoms with Gasteiger partial charge >= 0.3 is 0 Å². The molecule has 1 unspecified atom stereocenters. The molecule has 6 heteroatoms. The van der Waals surface area contributed by atoms with E-state index in [4.69, 9.17) is 5.84 Å². The van der Waals surface area contributed by atoms with Crippen LogP contribution < -0.4 is 11.3 Å². The summed E-state index contributed by atoms with van der Waals surface area (Å²) < 4.78 is 1.67. The van der Waals surface area contributed by atoms with E-state index >= 15 is 0 Å². The fraction of sp³-hybridized carbons (Fsp3) is 0.300. The normalized spacial score (nSPS) is 12.6. The summed E-state index contributed by atoms with van der Waals surface area (Å²) in [7, 11) is 1.84. The number of hydrogen-bond acceptors (Lipinski definition) is 5. The Bertz CT molecular complexity index is 438. The molecular formula is C10H14N6. The first kappa shape index (κ1) is 10.7. The Morgan fingerprint density at radius 1 is 1.50 bits per heavy atom. The highest BCUT2D eigenvalue weighted by Gasteiger charge is 2.13. The summed E-state index contributed by atoms with van der Waals surface area (Å²) in [4.78, 5) is 4.26. The number of hydrazine groups is 1. The van der Waals surface area contributed by atoms with Gasteiger partial charge in [-0.15, -0.1) is 5.10 Å². The first-order chi connectivity index (χ1) is 7.79. The smallest absolute Gasteiger partial charge is 0.0847 e. The lowest BCUT2D eigenvalue weighted by molar-refractivity contribution is 0.532. The van der Waals surface area contributed by atoms with Gasteiger partial charge in [-0.25, -0.2) is 0 Å². The maximum absolute atomic E-state index is 5.51. The van der Waals surface area contributed by atoms with Crippen LogP contribution in [0.2, 0.25) is 0 Å². The largest absolute Gasteiger partial charge is 0.271 e. The van der Waals surface area contributed by atoms with E-state index in [0.29, 0.717) is 6.42 Å². The van der Waals surface area contributed by atoms with E-state index in [9.17, 15) is 0 Å². The van der Waals surface area contributed by atoms with Gasteiger partial charge in [0.25, 0.3) is 0 Å². The van der Waals surface area contributed by atoms with Crippen molar-refractivity contribution in [2.24, 2.45) is 12.9 Å². The van der Waals surface area contributed by atoms with Crippen LogP contribution in [0, 0.1) is 0 Å². The Hall–Kier alpha value is -1.79. The minimum absolute atomic E-state index is 0.0436. The second-order valence-corrected chi connectivity index (χ2v) is 3.56. The summed E-state index contributed by atoms with van der Waals surface area (Å²) >= 11 is 0. The van der Waals surface area contributed by atoms with Crippen LogP contribution in [0.25, 0.3) is 0 Å². The van der Waals surface area contributed by atoms with E-state index in [1.807, 2.05) is 31.4 Å². The van der Waals surface area contributed by atoms with Gasteiger partial charge in [0.05, 0.1) is 17.4 Å². The molecule has 1 atom stereocenters. The maximum Gasteiger partial charge on any atom is 0.0847 e. The Morgan fingerprint density at radius 3 is 2.94 bits per heavy atom. The van der Waals surface area contributed by atoms with Crippen molar-refractivity contribution in [1.29, 1.82) is 0 Å². The maximum atomic E-state index is 5.51. The summed E-state index contributed by atoms with van der Waals surface area (Å²) in [5, 5.41) is 7.89. The van der Waals surface area contributed by atoms with E-state index in [1.54, 1.807) is 10.9 Å². The third kappa shape index (κ3) is 2.41. The molecule has 0 fully saturated rings. The van der Waals surface area contributed by atoms with Gasteiger partial charge < -0.3 is 0 Å². The van der Waals surface area contributed by atoms with Crippen LogP contribution in [0.3, 0.4) is 0 Å². The van der Waals surface area contributed by atoms with Gasteiger partial charge in [-0.3, -0.25) is 20.9 Å². The van der Waals surface area contributed by atoms with E-state index in [0.717, 1.165) is 11.4 Å². The zero-order chi connectivity index (χ0) is 11.4. The molecule has 3 N–H and O–H groups in total. The van der Waals surface area contributed by atoms with Gasteiger partial charge in [-0.05, 0) is 12.1 Å². The van der Waals surface area contributed by atoms with Crippen molar-refractivity contribution in [3.05, 3.63) is 42.0 Å². The van der Waals surface area contributed by atoms with Crippen LogP contribution in [0.5, 0.6) is 0 Å². The van der Waals surface area contributed by atoms with Crippen molar-refractivity contribution in [2.45, 2.75) is 12.5 Å². The third-order valence-corrected chi connectivity index (χ3v) is 2.31. The zero-order valence-corrected chi connectivity index (χ0v) is 9.04. The molecule has 0 amide bonds. The Kier molecular flexibility index (Phi) is 3.23. The molecule has 0 radical (unpaired) electrons. The summed E-state index contributed by atoms with van der Waals surface area (Å²) in [5.41, 5.74) is 4.52. The van der Waals surface area contributed by atoms with Crippen LogP contribution >= 0.6 is 0 Å². The Labute approximate surface area is 93.5 Å². The zero-order valence-electron chi connectivity index (χ0n) is 9.04. The number of aromatic nitrogens is 4. The average Bonchev–Trinajstić information content (AvgIpc) is 2.73. The molecule has 2 aromatic heterocycles. The number of hydrogen-bond donors (Lipinski definition) is 2. The molecular weight excluding hydrogens is 204 g/mol. The SMILES string of the molecule is Cn1cc(CC(NN)c2ccccn2)nn1. The van der Waals surface area contributed by atoms with E-state index in [2.05, 4.69) is 20.7 Å². The van der Waals surface area contributed by atoms with Gasteiger partial charge in [0, 0.05) is 25.9 Å². The molecule has 0 saturated heterocycles. The van der Waals surface area contributed by atoms with Crippen LogP contribution in [0.4, 0.5) is 0 Å². The summed E-state index contributed by atoms with van der Waals surface area (Å²) in [5.74, 6) is 5.51. The molecule has 0 aliphatic rings. The average molecular weight is 218 g/mol. The molecule has 0 aliphatic carbocycles. The highest BCUT2D eigenvalue weighted by atomic mass is 15.4. The number of pyridine rings is 1. The molecule has 2 rings (SSSR count). The lowest BCUT2D eigenvalue weighted by Crippen LogP contribution is -2.30. The molecule has 0 spiro atoms. The van der Waals surface area contributed by atoms with Crippen LogP contribution in [-0.4, -0.2) is 20.0 Å². The van der Waals surface area contributed by atoms with Gasteiger partial charge in [0.15, 0.2) is 0 Å². The first-order valence-corrected chi connectivity index (χ1v) is 5.02. The summed E-state index contributed by atoms with van der Waals surface area (Å²) in [6.45, 7) is 0. The second-order valence-electron chi connectivity index (χ2n) is 3.56. The number of rotatable bonds is 4. The minimum Gasteiger partial charge on any atom is -0.271 e. The fourth-order valence-corrected chi connectivity index (χ4v) is 1.53. The van der Waals surface area contributed by atoms with Gasteiger partial charge in [0.1, 0.15) is 0 Å². The highest BCUT2D eigenvalue weighted by molar-refractivity contribution is 5.11. The highest BCUT2D eigenvalue weighted by Crippen LogP contribution is 2.13. The van der Waals surface area contributed by atoms with Crippen molar-refractivity contribution >= 4 is 0 Å². The number of nitrogens with one attached hydrogen (secondary N) is 1. The Morgan fingerprint density at radius 2 is 2.38 bits per heavy atom. The molecule has 0 bridgehead atoms. The third-order valence-electron chi connectivity index (χ3n) is 2.31. The lowest BCUT2D eigenvalue weighted by Gasteiger charge is -2.13. The molecule has 84 valence electrons. The molecule has 16 heavy (non-hydrogen) atoms. The monoisotopic (exact) mass is 218 g/mol. The van der Waals surface area contributed by atoms with E-state index < -0.39 is 0 Å². The standard InChI is InChI=1S/C10H14N6/c1-16-7-8(14-15-16)6-10(13-11)9-4-2-3-5-12-9/h2-5,7,10,13H,6,11H2,1H3. The minimum atomic E-state index is -0.0436. The van der Waals surface area contributed by atoms with E-state index in [-0.39, 0.29) is 6.04 Å². The van der Waals surface area contributed by atoms with Crippen LogP contribution in [0.15, 0.2) is 30.6 Å². The van der Waals surface area contributed by atoms with Crippen molar-refractivity contribution in [2.75, 3.05) is 0 Å². The van der Waals surface area contributed by atoms with Crippen molar-refractivity contribution in [3.63, 3.8) is 0 Å². The summed E-state index contributed by atoms with van der Waals surface area (Å²) in [6.07, 6.45) is 4.28. The van der Waals surface area contributed by atoms with Gasteiger partial charge in [-0.1, -0.05) is 11.3 Å².